The lowest BCUT2D eigenvalue weighted by atomic mass is 9.99. The summed E-state index contributed by atoms with van der Waals surface area (Å²) in [5.41, 5.74) is 4.42. The van der Waals surface area contributed by atoms with Gasteiger partial charge in [-0.2, -0.15) is 0 Å². The molecule has 0 bridgehead atoms. The van der Waals surface area contributed by atoms with Crippen LogP contribution >= 0.6 is 0 Å². The Kier molecular flexibility index (Phi) is 3.19. The van der Waals surface area contributed by atoms with Crippen molar-refractivity contribution in [1.29, 1.82) is 0 Å². The van der Waals surface area contributed by atoms with E-state index in [-0.39, 0.29) is 0 Å². The van der Waals surface area contributed by atoms with Gasteiger partial charge in [0.15, 0.2) is 0 Å². The van der Waals surface area contributed by atoms with Gasteiger partial charge in [-0.25, -0.2) is 0 Å². The lowest BCUT2D eigenvalue weighted by Gasteiger charge is -2.05. The van der Waals surface area contributed by atoms with E-state index >= 15 is 0 Å². The molecule has 0 fully saturated rings. The molecule has 0 saturated heterocycles. The number of allylic oxidation sites excluding steroid dienone is 1. The molecule has 0 saturated carbocycles. The molecular weight excluding hydrogens is 216 g/mol. The van der Waals surface area contributed by atoms with Gasteiger partial charge in [0, 0.05) is 0 Å². The fourth-order valence-corrected chi connectivity index (χ4v) is 2.97. The average molecular weight is 236 g/mol. The Balaban J connectivity index is 1.86. The Labute approximate surface area is 109 Å². The van der Waals surface area contributed by atoms with E-state index in [1.165, 1.54) is 59.6 Å². The third kappa shape index (κ3) is 1.96. The molecule has 0 heterocycles. The van der Waals surface area contributed by atoms with Gasteiger partial charge in [0.2, 0.25) is 0 Å². The zero-order valence-corrected chi connectivity index (χ0v) is 11.1. The van der Waals surface area contributed by atoms with E-state index in [4.69, 9.17) is 0 Å². The Morgan fingerprint density at radius 1 is 0.889 bits per heavy atom. The van der Waals surface area contributed by atoms with Gasteiger partial charge in [0.25, 0.3) is 0 Å². The van der Waals surface area contributed by atoms with Crippen LogP contribution in [0.25, 0.3) is 22.4 Å². The molecule has 0 aromatic heterocycles. The molecule has 0 unspecified atom stereocenters. The van der Waals surface area contributed by atoms with Gasteiger partial charge in [-0.15, -0.1) is 0 Å². The minimum Gasteiger partial charge on any atom is -0.0654 e. The summed E-state index contributed by atoms with van der Waals surface area (Å²) in [5, 5.41) is 2.84. The summed E-state index contributed by atoms with van der Waals surface area (Å²) in [6, 6.07) is 13.3. The van der Waals surface area contributed by atoms with Crippen LogP contribution in [-0.2, 0) is 0 Å². The smallest absolute Gasteiger partial charge is 0.00360 e. The minimum atomic E-state index is 1.23. The Hall–Kier alpha value is -1.56. The standard InChI is InChI=1S/C18H20/c1-2-3-4-5-8-15-13-16-11-6-9-14-10-7-12-17(15)18(14)16/h6-7,9-13H,2-5,8H2,1H3. The molecule has 0 amide bonds. The highest BCUT2D eigenvalue weighted by molar-refractivity contribution is 6.09. The van der Waals surface area contributed by atoms with Crippen molar-refractivity contribution < 1.29 is 0 Å². The van der Waals surface area contributed by atoms with Crippen molar-refractivity contribution in [3.8, 4) is 0 Å². The summed E-state index contributed by atoms with van der Waals surface area (Å²) in [6.45, 7) is 2.27. The van der Waals surface area contributed by atoms with Gasteiger partial charge in [-0.3, -0.25) is 0 Å². The van der Waals surface area contributed by atoms with Crippen LogP contribution in [-0.4, -0.2) is 0 Å². The van der Waals surface area contributed by atoms with Crippen LogP contribution in [0.15, 0.2) is 36.4 Å². The molecule has 3 rings (SSSR count). The van der Waals surface area contributed by atoms with E-state index in [2.05, 4.69) is 49.4 Å². The zero-order chi connectivity index (χ0) is 12.4. The number of hydrogen-bond acceptors (Lipinski definition) is 0. The molecule has 0 radical (unpaired) electrons. The molecule has 0 N–H and O–H groups in total. The maximum atomic E-state index is 2.39. The third-order valence-electron chi connectivity index (χ3n) is 3.91. The predicted molar refractivity (Wildman–Crippen MR) is 80.6 cm³/mol. The Morgan fingerprint density at radius 2 is 1.72 bits per heavy atom. The van der Waals surface area contributed by atoms with Crippen LogP contribution in [0.1, 0.15) is 50.2 Å². The first-order valence-corrected chi connectivity index (χ1v) is 7.13. The second-order valence-electron chi connectivity index (χ2n) is 5.23. The van der Waals surface area contributed by atoms with Crippen LogP contribution in [0.2, 0.25) is 0 Å². The van der Waals surface area contributed by atoms with Crippen molar-refractivity contribution in [1.82, 2.24) is 0 Å². The number of unbranched alkanes of at least 4 members (excludes halogenated alkanes) is 3. The van der Waals surface area contributed by atoms with Gasteiger partial charge < -0.3 is 0 Å². The first kappa shape index (κ1) is 11.5. The van der Waals surface area contributed by atoms with Crippen LogP contribution in [0.4, 0.5) is 0 Å². The second kappa shape index (κ2) is 4.97. The number of hydrogen-bond donors (Lipinski definition) is 0. The minimum absolute atomic E-state index is 1.23. The second-order valence-corrected chi connectivity index (χ2v) is 5.23. The SMILES string of the molecule is CCCCCCC1=Cc2cccc3cccc1c23. The van der Waals surface area contributed by atoms with E-state index in [0.29, 0.717) is 0 Å². The summed E-state index contributed by atoms with van der Waals surface area (Å²) < 4.78 is 0. The highest BCUT2D eigenvalue weighted by atomic mass is 14.2. The van der Waals surface area contributed by atoms with Crippen molar-refractivity contribution in [2.24, 2.45) is 0 Å². The van der Waals surface area contributed by atoms with Crippen molar-refractivity contribution in [3.63, 3.8) is 0 Å². The van der Waals surface area contributed by atoms with Crippen LogP contribution in [0, 0.1) is 0 Å². The number of rotatable bonds is 5. The maximum absolute atomic E-state index is 2.39. The molecule has 0 atom stereocenters. The van der Waals surface area contributed by atoms with Gasteiger partial charge in [0.05, 0.1) is 0 Å². The molecule has 92 valence electrons. The Bertz CT molecular complexity index is 585. The van der Waals surface area contributed by atoms with E-state index in [0.717, 1.165) is 0 Å². The monoisotopic (exact) mass is 236 g/mol. The highest BCUT2D eigenvalue weighted by Crippen LogP contribution is 2.38. The quantitative estimate of drug-likeness (QED) is 0.587. The first-order valence-electron chi connectivity index (χ1n) is 7.13. The molecule has 0 aliphatic heterocycles. The predicted octanol–water partition coefficient (Wildman–Crippen LogP) is 5.66. The van der Waals surface area contributed by atoms with Crippen molar-refractivity contribution in [2.45, 2.75) is 39.0 Å². The third-order valence-corrected chi connectivity index (χ3v) is 3.91. The first-order chi connectivity index (χ1) is 8.90. The fourth-order valence-electron chi connectivity index (χ4n) is 2.97. The molecule has 1 aliphatic rings. The van der Waals surface area contributed by atoms with Crippen LogP contribution in [0.5, 0.6) is 0 Å². The van der Waals surface area contributed by atoms with Gasteiger partial charge in [-0.05, 0) is 40.3 Å². The highest BCUT2D eigenvalue weighted by Gasteiger charge is 2.15. The van der Waals surface area contributed by atoms with Gasteiger partial charge >= 0.3 is 0 Å². The normalized spacial score (nSPS) is 13.1. The largest absolute Gasteiger partial charge is 0.0654 e. The fraction of sp³-hybridized carbons (Fsp3) is 0.333. The summed E-state index contributed by atoms with van der Waals surface area (Å²) >= 11 is 0. The number of benzene rings is 2. The van der Waals surface area contributed by atoms with Crippen molar-refractivity contribution in [2.75, 3.05) is 0 Å². The summed E-state index contributed by atoms with van der Waals surface area (Å²) in [7, 11) is 0. The van der Waals surface area contributed by atoms with Gasteiger partial charge in [-0.1, -0.05) is 68.7 Å². The molecule has 1 aliphatic carbocycles. The Morgan fingerprint density at radius 3 is 2.56 bits per heavy atom. The summed E-state index contributed by atoms with van der Waals surface area (Å²) in [4.78, 5) is 0. The summed E-state index contributed by atoms with van der Waals surface area (Å²) in [6.07, 6.45) is 8.99. The van der Waals surface area contributed by atoms with Crippen LogP contribution < -0.4 is 0 Å². The zero-order valence-electron chi connectivity index (χ0n) is 11.1. The van der Waals surface area contributed by atoms with E-state index in [1.807, 2.05) is 0 Å². The molecule has 18 heavy (non-hydrogen) atoms. The maximum Gasteiger partial charge on any atom is -0.00360 e. The molecule has 0 heteroatoms. The van der Waals surface area contributed by atoms with E-state index in [9.17, 15) is 0 Å². The molecule has 0 spiro atoms. The van der Waals surface area contributed by atoms with E-state index in [1.54, 1.807) is 0 Å². The van der Waals surface area contributed by atoms with Crippen molar-refractivity contribution in [3.05, 3.63) is 47.5 Å². The lowest BCUT2D eigenvalue weighted by molar-refractivity contribution is 0.679. The summed E-state index contributed by atoms with van der Waals surface area (Å²) in [5.74, 6) is 0. The molecular formula is C18H20. The average Bonchev–Trinajstić information content (AvgIpc) is 2.76. The van der Waals surface area contributed by atoms with E-state index < -0.39 is 0 Å². The lowest BCUT2D eigenvalue weighted by Crippen LogP contribution is -1.83. The topological polar surface area (TPSA) is 0 Å². The molecule has 0 nitrogen and oxygen atoms in total. The molecule has 2 aromatic rings. The van der Waals surface area contributed by atoms with Gasteiger partial charge in [0.1, 0.15) is 0 Å². The van der Waals surface area contributed by atoms with Crippen LogP contribution in [0.3, 0.4) is 0 Å². The van der Waals surface area contributed by atoms with Crippen molar-refractivity contribution >= 4 is 22.4 Å². The molecule has 2 aromatic carbocycles.